The van der Waals surface area contributed by atoms with E-state index in [-0.39, 0.29) is 5.69 Å². The molecule has 0 bridgehead atoms. The lowest BCUT2D eigenvalue weighted by Gasteiger charge is -2.06. The minimum atomic E-state index is -0.422. The van der Waals surface area contributed by atoms with Crippen LogP contribution in [0.25, 0.3) is 0 Å². The van der Waals surface area contributed by atoms with E-state index in [1.807, 2.05) is 12.1 Å². The number of nitriles is 1. The van der Waals surface area contributed by atoms with Crippen molar-refractivity contribution >= 4 is 17.3 Å². The second kappa shape index (κ2) is 6.84. The molecule has 0 fully saturated rings. The molecule has 5 nitrogen and oxygen atoms in total. The standard InChI is InChI=1S/C15H12ClN3O2/c16-14-5-6-15(19(20)21)13(7-14)10-18-9-12-3-1-11(8-17)2-4-12/h1-7,18H,9-10H2. The van der Waals surface area contributed by atoms with Gasteiger partial charge in [-0.25, -0.2) is 0 Å². The summed E-state index contributed by atoms with van der Waals surface area (Å²) in [5.74, 6) is 0. The minimum absolute atomic E-state index is 0.0479. The quantitative estimate of drug-likeness (QED) is 0.678. The van der Waals surface area contributed by atoms with Gasteiger partial charge in [0, 0.05) is 29.7 Å². The molecule has 0 amide bonds. The zero-order valence-electron chi connectivity index (χ0n) is 11.0. The van der Waals surface area contributed by atoms with Crippen molar-refractivity contribution in [3.8, 4) is 6.07 Å². The molecule has 0 aliphatic rings. The molecule has 0 heterocycles. The Morgan fingerprint density at radius 2 is 1.90 bits per heavy atom. The molecular formula is C15H12ClN3O2. The lowest BCUT2D eigenvalue weighted by molar-refractivity contribution is -0.385. The number of hydrogen-bond donors (Lipinski definition) is 1. The highest BCUT2D eigenvalue weighted by Crippen LogP contribution is 2.22. The molecule has 0 unspecified atom stereocenters. The van der Waals surface area contributed by atoms with Gasteiger partial charge in [-0.05, 0) is 29.8 Å². The highest BCUT2D eigenvalue weighted by molar-refractivity contribution is 6.30. The fraction of sp³-hybridized carbons (Fsp3) is 0.133. The van der Waals surface area contributed by atoms with Crippen molar-refractivity contribution in [2.45, 2.75) is 13.1 Å². The van der Waals surface area contributed by atoms with E-state index in [4.69, 9.17) is 16.9 Å². The molecular weight excluding hydrogens is 290 g/mol. The van der Waals surface area contributed by atoms with Gasteiger partial charge in [-0.1, -0.05) is 23.7 Å². The van der Waals surface area contributed by atoms with Crippen molar-refractivity contribution in [2.75, 3.05) is 0 Å². The van der Waals surface area contributed by atoms with Gasteiger partial charge >= 0.3 is 0 Å². The molecule has 2 rings (SSSR count). The number of nitrogens with zero attached hydrogens (tertiary/aromatic N) is 2. The van der Waals surface area contributed by atoms with E-state index in [9.17, 15) is 10.1 Å². The molecule has 1 N–H and O–H groups in total. The number of nitro groups is 1. The maximum atomic E-state index is 10.9. The van der Waals surface area contributed by atoms with Crippen molar-refractivity contribution in [1.29, 1.82) is 5.26 Å². The summed E-state index contributed by atoms with van der Waals surface area (Å²) in [6, 6.07) is 13.7. The number of nitro benzene ring substituents is 1. The topological polar surface area (TPSA) is 79.0 Å². The van der Waals surface area contributed by atoms with Crippen LogP contribution in [0.3, 0.4) is 0 Å². The molecule has 6 heteroatoms. The first-order valence-electron chi connectivity index (χ1n) is 6.22. The van der Waals surface area contributed by atoms with Crippen LogP contribution in [-0.2, 0) is 13.1 Å². The van der Waals surface area contributed by atoms with Gasteiger partial charge in [0.2, 0.25) is 0 Å². The van der Waals surface area contributed by atoms with Crippen LogP contribution >= 0.6 is 11.6 Å². The summed E-state index contributed by atoms with van der Waals surface area (Å²) in [6.07, 6.45) is 0. The summed E-state index contributed by atoms with van der Waals surface area (Å²) in [4.78, 5) is 10.5. The van der Waals surface area contributed by atoms with Crippen LogP contribution in [-0.4, -0.2) is 4.92 Å². The summed E-state index contributed by atoms with van der Waals surface area (Å²) >= 11 is 5.87. The molecule has 0 aliphatic carbocycles. The molecule has 0 saturated carbocycles. The third-order valence-electron chi connectivity index (χ3n) is 2.97. The van der Waals surface area contributed by atoms with E-state index in [1.165, 1.54) is 12.1 Å². The summed E-state index contributed by atoms with van der Waals surface area (Å²) < 4.78 is 0. The summed E-state index contributed by atoms with van der Waals surface area (Å²) in [5.41, 5.74) is 2.19. The van der Waals surface area contributed by atoms with Gasteiger partial charge in [0.05, 0.1) is 16.6 Å². The third-order valence-corrected chi connectivity index (χ3v) is 3.20. The van der Waals surface area contributed by atoms with E-state index in [0.29, 0.717) is 29.2 Å². The van der Waals surface area contributed by atoms with Crippen molar-refractivity contribution in [1.82, 2.24) is 5.32 Å². The minimum Gasteiger partial charge on any atom is -0.308 e. The monoisotopic (exact) mass is 301 g/mol. The lowest BCUT2D eigenvalue weighted by atomic mass is 10.1. The fourth-order valence-electron chi connectivity index (χ4n) is 1.91. The first-order valence-corrected chi connectivity index (χ1v) is 6.60. The summed E-state index contributed by atoms with van der Waals surface area (Å²) in [6.45, 7) is 0.895. The van der Waals surface area contributed by atoms with Gasteiger partial charge in [-0.3, -0.25) is 10.1 Å². The molecule has 0 spiro atoms. The van der Waals surface area contributed by atoms with Crippen LogP contribution < -0.4 is 5.32 Å². The molecule has 2 aromatic carbocycles. The molecule has 0 radical (unpaired) electrons. The maximum Gasteiger partial charge on any atom is 0.273 e. The van der Waals surface area contributed by atoms with Gasteiger partial charge < -0.3 is 5.32 Å². The van der Waals surface area contributed by atoms with Crippen LogP contribution in [0.4, 0.5) is 5.69 Å². The van der Waals surface area contributed by atoms with E-state index < -0.39 is 4.92 Å². The van der Waals surface area contributed by atoms with E-state index in [2.05, 4.69) is 11.4 Å². The Hall–Kier alpha value is -2.42. The van der Waals surface area contributed by atoms with Crippen LogP contribution in [0.2, 0.25) is 5.02 Å². The average Bonchev–Trinajstić information content (AvgIpc) is 2.48. The molecule has 0 atom stereocenters. The van der Waals surface area contributed by atoms with Gasteiger partial charge in [0.1, 0.15) is 0 Å². The first kappa shape index (κ1) is 15.0. The maximum absolute atomic E-state index is 10.9. The van der Waals surface area contributed by atoms with Crippen LogP contribution in [0.1, 0.15) is 16.7 Å². The molecule has 106 valence electrons. The Morgan fingerprint density at radius 1 is 1.19 bits per heavy atom. The Morgan fingerprint density at radius 3 is 2.52 bits per heavy atom. The van der Waals surface area contributed by atoms with Crippen LogP contribution in [0, 0.1) is 21.4 Å². The van der Waals surface area contributed by atoms with Crippen molar-refractivity contribution in [2.24, 2.45) is 0 Å². The predicted octanol–water partition coefficient (Wildman–Crippen LogP) is 3.41. The van der Waals surface area contributed by atoms with Crippen LogP contribution in [0.15, 0.2) is 42.5 Å². The molecule has 21 heavy (non-hydrogen) atoms. The Balaban J connectivity index is 2.01. The van der Waals surface area contributed by atoms with Crippen molar-refractivity contribution in [3.05, 3.63) is 74.3 Å². The second-order valence-electron chi connectivity index (χ2n) is 4.44. The second-order valence-corrected chi connectivity index (χ2v) is 4.88. The molecule has 0 saturated heterocycles. The largest absolute Gasteiger partial charge is 0.308 e. The normalized spacial score (nSPS) is 10.1. The summed E-state index contributed by atoms with van der Waals surface area (Å²) in [7, 11) is 0. The van der Waals surface area contributed by atoms with E-state index in [0.717, 1.165) is 5.56 Å². The van der Waals surface area contributed by atoms with Gasteiger partial charge in [-0.2, -0.15) is 5.26 Å². The van der Waals surface area contributed by atoms with E-state index in [1.54, 1.807) is 18.2 Å². The predicted molar refractivity (Wildman–Crippen MR) is 79.8 cm³/mol. The number of rotatable bonds is 5. The number of benzene rings is 2. The van der Waals surface area contributed by atoms with Crippen molar-refractivity contribution in [3.63, 3.8) is 0 Å². The van der Waals surface area contributed by atoms with Crippen molar-refractivity contribution < 1.29 is 4.92 Å². The Bertz CT molecular complexity index is 693. The number of nitrogens with one attached hydrogen (secondary N) is 1. The van der Waals surface area contributed by atoms with E-state index >= 15 is 0 Å². The van der Waals surface area contributed by atoms with Gasteiger partial charge in [-0.15, -0.1) is 0 Å². The average molecular weight is 302 g/mol. The highest BCUT2D eigenvalue weighted by Gasteiger charge is 2.13. The summed E-state index contributed by atoms with van der Waals surface area (Å²) in [5, 5.41) is 23.3. The Kier molecular flexibility index (Phi) is 4.88. The first-order chi connectivity index (χ1) is 10.1. The number of hydrogen-bond acceptors (Lipinski definition) is 4. The zero-order valence-corrected chi connectivity index (χ0v) is 11.8. The molecule has 0 aliphatic heterocycles. The van der Waals surface area contributed by atoms with Gasteiger partial charge in [0.25, 0.3) is 5.69 Å². The molecule has 2 aromatic rings. The zero-order chi connectivity index (χ0) is 15.2. The Labute approximate surface area is 126 Å². The third kappa shape index (κ3) is 4.02. The molecule has 0 aromatic heterocycles. The number of halogens is 1. The van der Waals surface area contributed by atoms with Gasteiger partial charge in [0.15, 0.2) is 0 Å². The fourth-order valence-corrected chi connectivity index (χ4v) is 2.11. The lowest BCUT2D eigenvalue weighted by Crippen LogP contribution is -2.13. The van der Waals surface area contributed by atoms with Crippen LogP contribution in [0.5, 0.6) is 0 Å². The SMILES string of the molecule is N#Cc1ccc(CNCc2cc(Cl)ccc2[N+](=O)[O-])cc1. The highest BCUT2D eigenvalue weighted by atomic mass is 35.5. The smallest absolute Gasteiger partial charge is 0.273 e.